The van der Waals surface area contributed by atoms with Gasteiger partial charge < -0.3 is 0 Å². The van der Waals surface area contributed by atoms with Gasteiger partial charge in [0.05, 0.1) is 0 Å². The van der Waals surface area contributed by atoms with Crippen molar-refractivity contribution < 1.29 is 9.59 Å². The van der Waals surface area contributed by atoms with Crippen molar-refractivity contribution >= 4 is 29.5 Å². The molecule has 2 amide bonds. The Bertz CT molecular complexity index is 487. The molecule has 1 aromatic carbocycles. The highest BCUT2D eigenvalue weighted by Gasteiger charge is 2.02. The molecule has 0 unspecified atom stereocenters. The average molecular weight is 295 g/mol. The van der Waals surface area contributed by atoms with Gasteiger partial charge >= 0.3 is 0 Å². The van der Waals surface area contributed by atoms with Crippen LogP contribution < -0.4 is 10.9 Å². The third-order valence-electron chi connectivity index (χ3n) is 2.65. The van der Waals surface area contributed by atoms with Gasteiger partial charge in [-0.15, -0.1) is 0 Å². The van der Waals surface area contributed by atoms with Gasteiger partial charge in [0.25, 0.3) is 5.91 Å². The average Bonchev–Trinajstić information content (AvgIpc) is 2.44. The van der Waals surface area contributed by atoms with Gasteiger partial charge in [0.2, 0.25) is 5.91 Å². The Morgan fingerprint density at radius 1 is 1.20 bits per heavy atom. The zero-order chi connectivity index (χ0) is 14.8. The summed E-state index contributed by atoms with van der Waals surface area (Å²) >= 11 is 5.95. The lowest BCUT2D eigenvalue weighted by Crippen LogP contribution is -2.40. The van der Waals surface area contributed by atoms with Crippen molar-refractivity contribution in [3.8, 4) is 0 Å². The molecule has 108 valence electrons. The maximum absolute atomic E-state index is 11.5. The second-order valence-corrected chi connectivity index (χ2v) is 4.76. The SMILES string of the molecule is CCCCCC(=O)NNC(=O)/C=C/c1ccccc1Cl. The number of carbonyl (C=O) groups excluding carboxylic acids is 2. The van der Waals surface area contributed by atoms with E-state index in [9.17, 15) is 9.59 Å². The fourth-order valence-corrected chi connectivity index (χ4v) is 1.75. The van der Waals surface area contributed by atoms with Crippen LogP contribution in [0.25, 0.3) is 6.08 Å². The second kappa shape index (κ2) is 9.15. The Morgan fingerprint density at radius 3 is 2.65 bits per heavy atom. The first kappa shape index (κ1) is 16.2. The first-order valence-electron chi connectivity index (χ1n) is 6.65. The molecular weight excluding hydrogens is 276 g/mol. The van der Waals surface area contributed by atoms with Crippen molar-refractivity contribution in [1.29, 1.82) is 0 Å². The van der Waals surface area contributed by atoms with Gasteiger partial charge in [-0.3, -0.25) is 20.4 Å². The molecule has 0 heterocycles. The van der Waals surface area contributed by atoms with Crippen molar-refractivity contribution in [2.45, 2.75) is 32.6 Å². The molecule has 0 fully saturated rings. The first-order chi connectivity index (χ1) is 9.63. The molecule has 0 radical (unpaired) electrons. The predicted octanol–water partition coefficient (Wildman–Crippen LogP) is 3.08. The number of rotatable bonds is 6. The molecule has 0 aromatic heterocycles. The number of unbranched alkanes of at least 4 members (excludes halogenated alkanes) is 2. The minimum absolute atomic E-state index is 0.182. The Labute approximate surface area is 124 Å². The summed E-state index contributed by atoms with van der Waals surface area (Å²) in [6.45, 7) is 2.07. The molecule has 20 heavy (non-hydrogen) atoms. The van der Waals surface area contributed by atoms with Crippen LogP contribution in [0.5, 0.6) is 0 Å². The number of hydrogen-bond acceptors (Lipinski definition) is 2. The standard InChI is InChI=1S/C15H19ClN2O2/c1-2-3-4-9-14(19)17-18-15(20)11-10-12-7-5-6-8-13(12)16/h5-8,10-11H,2-4,9H2,1H3,(H,17,19)(H,18,20)/b11-10+. The third-order valence-corrected chi connectivity index (χ3v) is 3.00. The lowest BCUT2D eigenvalue weighted by molar-refractivity contribution is -0.126. The van der Waals surface area contributed by atoms with Gasteiger partial charge in [-0.1, -0.05) is 49.6 Å². The van der Waals surface area contributed by atoms with E-state index >= 15 is 0 Å². The minimum atomic E-state index is -0.395. The van der Waals surface area contributed by atoms with Crippen LogP contribution in [0.15, 0.2) is 30.3 Å². The van der Waals surface area contributed by atoms with Gasteiger partial charge in [-0.25, -0.2) is 0 Å². The Morgan fingerprint density at radius 2 is 1.95 bits per heavy atom. The number of hydrazine groups is 1. The first-order valence-corrected chi connectivity index (χ1v) is 7.02. The summed E-state index contributed by atoms with van der Waals surface area (Å²) in [5, 5.41) is 0.570. The van der Waals surface area contributed by atoms with Crippen molar-refractivity contribution in [3.05, 3.63) is 40.9 Å². The van der Waals surface area contributed by atoms with Crippen molar-refractivity contribution in [3.63, 3.8) is 0 Å². The quantitative estimate of drug-likeness (QED) is 0.481. The summed E-state index contributed by atoms with van der Waals surface area (Å²) in [6, 6.07) is 7.19. The van der Waals surface area contributed by atoms with Crippen LogP contribution in [0.3, 0.4) is 0 Å². The third kappa shape index (κ3) is 6.38. The monoisotopic (exact) mass is 294 g/mol. The zero-order valence-electron chi connectivity index (χ0n) is 11.5. The largest absolute Gasteiger partial charge is 0.273 e. The van der Waals surface area contributed by atoms with Crippen LogP contribution in [0.2, 0.25) is 5.02 Å². The normalized spacial score (nSPS) is 10.5. The van der Waals surface area contributed by atoms with Crippen LogP contribution in [0.1, 0.15) is 38.2 Å². The zero-order valence-corrected chi connectivity index (χ0v) is 12.2. The molecule has 4 nitrogen and oxygen atoms in total. The molecule has 0 spiro atoms. The molecular formula is C15H19ClN2O2. The fourth-order valence-electron chi connectivity index (χ4n) is 1.55. The minimum Gasteiger partial charge on any atom is -0.273 e. The van der Waals surface area contributed by atoms with E-state index in [2.05, 4.69) is 17.8 Å². The van der Waals surface area contributed by atoms with E-state index in [-0.39, 0.29) is 5.91 Å². The Balaban J connectivity index is 2.33. The number of nitrogens with one attached hydrogen (secondary N) is 2. The van der Waals surface area contributed by atoms with E-state index in [1.54, 1.807) is 18.2 Å². The van der Waals surface area contributed by atoms with Gasteiger partial charge in [0, 0.05) is 17.5 Å². The summed E-state index contributed by atoms with van der Waals surface area (Å²) < 4.78 is 0. The number of benzene rings is 1. The highest BCUT2D eigenvalue weighted by Crippen LogP contribution is 2.15. The summed E-state index contributed by atoms with van der Waals surface area (Å²) in [7, 11) is 0. The van der Waals surface area contributed by atoms with E-state index in [0.29, 0.717) is 11.4 Å². The van der Waals surface area contributed by atoms with E-state index in [1.807, 2.05) is 12.1 Å². The topological polar surface area (TPSA) is 58.2 Å². The number of amides is 2. The molecule has 0 saturated heterocycles. The smallest absolute Gasteiger partial charge is 0.262 e. The predicted molar refractivity (Wildman–Crippen MR) is 80.9 cm³/mol. The van der Waals surface area contributed by atoms with Crippen molar-refractivity contribution in [2.75, 3.05) is 0 Å². The summed E-state index contributed by atoms with van der Waals surface area (Å²) in [5.74, 6) is -0.577. The lowest BCUT2D eigenvalue weighted by atomic mass is 10.2. The van der Waals surface area contributed by atoms with E-state index in [1.165, 1.54) is 6.08 Å². The number of halogens is 1. The van der Waals surface area contributed by atoms with Crippen LogP contribution in [-0.4, -0.2) is 11.8 Å². The van der Waals surface area contributed by atoms with E-state index in [4.69, 9.17) is 11.6 Å². The van der Waals surface area contributed by atoms with Gasteiger partial charge in [-0.05, 0) is 24.1 Å². The Kier molecular flexibility index (Phi) is 7.43. The molecule has 5 heteroatoms. The van der Waals surface area contributed by atoms with Crippen LogP contribution in [0, 0.1) is 0 Å². The molecule has 0 saturated carbocycles. The molecule has 1 aromatic rings. The maximum Gasteiger partial charge on any atom is 0.262 e. The summed E-state index contributed by atoms with van der Waals surface area (Å²) in [5.41, 5.74) is 5.45. The van der Waals surface area contributed by atoms with Crippen molar-refractivity contribution in [2.24, 2.45) is 0 Å². The number of carbonyl (C=O) groups is 2. The lowest BCUT2D eigenvalue weighted by Gasteiger charge is -2.04. The summed E-state index contributed by atoms with van der Waals surface area (Å²) in [6.07, 6.45) is 6.23. The molecule has 0 aliphatic carbocycles. The van der Waals surface area contributed by atoms with Gasteiger partial charge in [-0.2, -0.15) is 0 Å². The van der Waals surface area contributed by atoms with E-state index in [0.717, 1.165) is 24.8 Å². The molecule has 0 bridgehead atoms. The highest BCUT2D eigenvalue weighted by atomic mass is 35.5. The summed E-state index contributed by atoms with van der Waals surface area (Å²) in [4.78, 5) is 22.9. The molecule has 1 rings (SSSR count). The van der Waals surface area contributed by atoms with Crippen LogP contribution >= 0.6 is 11.6 Å². The van der Waals surface area contributed by atoms with Crippen molar-refractivity contribution in [1.82, 2.24) is 10.9 Å². The molecule has 0 atom stereocenters. The molecule has 0 aliphatic heterocycles. The highest BCUT2D eigenvalue weighted by molar-refractivity contribution is 6.32. The van der Waals surface area contributed by atoms with Crippen LogP contribution in [-0.2, 0) is 9.59 Å². The van der Waals surface area contributed by atoms with Crippen LogP contribution in [0.4, 0.5) is 0 Å². The van der Waals surface area contributed by atoms with Gasteiger partial charge in [0.1, 0.15) is 0 Å². The Hall–Kier alpha value is -1.81. The molecule has 2 N–H and O–H groups in total. The van der Waals surface area contributed by atoms with Gasteiger partial charge in [0.15, 0.2) is 0 Å². The fraction of sp³-hybridized carbons (Fsp3) is 0.333. The molecule has 0 aliphatic rings. The maximum atomic E-state index is 11.5. The second-order valence-electron chi connectivity index (χ2n) is 4.35. The number of hydrogen-bond donors (Lipinski definition) is 2. The van der Waals surface area contributed by atoms with E-state index < -0.39 is 5.91 Å².